The lowest BCUT2D eigenvalue weighted by atomic mass is 10.2. The summed E-state index contributed by atoms with van der Waals surface area (Å²) in [5.74, 6) is 0. The van der Waals surface area contributed by atoms with E-state index in [1.807, 2.05) is 36.4 Å². The molecule has 0 atom stereocenters. The summed E-state index contributed by atoms with van der Waals surface area (Å²) in [6.07, 6.45) is 0. The normalized spacial score (nSPS) is 11.6. The third-order valence-electron chi connectivity index (χ3n) is 4.21. The Balaban J connectivity index is 1.69. The molecule has 4 rings (SSSR count). The van der Waals surface area contributed by atoms with E-state index in [9.17, 15) is 13.2 Å². The molecular weight excluding hydrogens is 460 g/mol. The van der Waals surface area contributed by atoms with Gasteiger partial charge in [-0.05, 0) is 42.0 Å². The molecule has 0 saturated carbocycles. The van der Waals surface area contributed by atoms with Gasteiger partial charge in [-0.3, -0.25) is 14.1 Å². The molecule has 0 aliphatic rings. The van der Waals surface area contributed by atoms with Crippen LogP contribution < -0.4 is 9.60 Å². The van der Waals surface area contributed by atoms with Gasteiger partial charge in [-0.15, -0.1) is 0 Å². The Kier molecular flexibility index (Phi) is 5.09. The molecule has 1 aromatic heterocycles. The molecule has 0 aliphatic carbocycles. The van der Waals surface area contributed by atoms with Gasteiger partial charge in [-0.1, -0.05) is 63.7 Å². The molecule has 1 heterocycles. The summed E-state index contributed by atoms with van der Waals surface area (Å²) in [6.45, 7) is 0.446. The van der Waals surface area contributed by atoms with E-state index in [-0.39, 0.29) is 9.77 Å². The van der Waals surface area contributed by atoms with Crippen LogP contribution >= 0.6 is 27.3 Å². The summed E-state index contributed by atoms with van der Waals surface area (Å²) in [7, 11) is -3.76. The first-order valence-corrected chi connectivity index (χ1v) is 11.5. The maximum Gasteiger partial charge on any atom is 0.308 e. The number of hydrogen-bond acceptors (Lipinski definition) is 4. The van der Waals surface area contributed by atoms with Crippen LogP contribution in [0.25, 0.3) is 10.2 Å². The third kappa shape index (κ3) is 3.89. The van der Waals surface area contributed by atoms with E-state index in [1.54, 1.807) is 34.9 Å². The fraction of sp³-hybridized carbons (Fsp3) is 0.0500. The van der Waals surface area contributed by atoms with Gasteiger partial charge >= 0.3 is 4.87 Å². The predicted molar refractivity (Wildman–Crippen MR) is 117 cm³/mol. The Morgan fingerprint density at radius 1 is 0.964 bits per heavy atom. The highest BCUT2D eigenvalue weighted by atomic mass is 79.9. The largest absolute Gasteiger partial charge is 0.308 e. The molecule has 0 aliphatic heterocycles. The molecule has 4 aromatic rings. The van der Waals surface area contributed by atoms with Gasteiger partial charge in [0, 0.05) is 10.2 Å². The average molecular weight is 475 g/mol. The highest BCUT2D eigenvalue weighted by molar-refractivity contribution is 9.10. The smallest absolute Gasteiger partial charge is 0.294 e. The second kappa shape index (κ2) is 7.54. The van der Waals surface area contributed by atoms with Crippen molar-refractivity contribution >= 4 is 53.2 Å². The molecular formula is C20H15BrN2O3S2. The second-order valence-electron chi connectivity index (χ2n) is 6.19. The Morgan fingerprint density at radius 2 is 1.75 bits per heavy atom. The summed E-state index contributed by atoms with van der Waals surface area (Å²) in [6, 6.07) is 21.4. The second-order valence-corrected chi connectivity index (χ2v) is 9.78. The number of benzene rings is 3. The van der Waals surface area contributed by atoms with Crippen molar-refractivity contribution in [3.8, 4) is 0 Å². The number of nitrogens with zero attached hydrogens (tertiary/aromatic N) is 1. The molecule has 0 fully saturated rings. The summed E-state index contributed by atoms with van der Waals surface area (Å²) < 4.78 is 31.1. The molecule has 5 nitrogen and oxygen atoms in total. The Hall–Kier alpha value is -2.42. The van der Waals surface area contributed by atoms with Gasteiger partial charge in [0.15, 0.2) is 0 Å². The van der Waals surface area contributed by atoms with E-state index in [2.05, 4.69) is 20.7 Å². The molecule has 0 unspecified atom stereocenters. The lowest BCUT2D eigenvalue weighted by Gasteiger charge is -2.09. The van der Waals surface area contributed by atoms with Gasteiger partial charge in [-0.2, -0.15) is 0 Å². The average Bonchev–Trinajstić information content (AvgIpc) is 2.97. The van der Waals surface area contributed by atoms with E-state index in [0.717, 1.165) is 26.9 Å². The van der Waals surface area contributed by atoms with Gasteiger partial charge in [-0.25, -0.2) is 8.42 Å². The van der Waals surface area contributed by atoms with Gasteiger partial charge in [0.2, 0.25) is 0 Å². The fourth-order valence-electron chi connectivity index (χ4n) is 2.90. The van der Waals surface area contributed by atoms with Crippen molar-refractivity contribution in [3.63, 3.8) is 0 Å². The first-order chi connectivity index (χ1) is 13.4. The number of anilines is 1. The van der Waals surface area contributed by atoms with Crippen LogP contribution in [0.1, 0.15) is 5.56 Å². The van der Waals surface area contributed by atoms with Crippen LogP contribution in [0.2, 0.25) is 0 Å². The first-order valence-electron chi connectivity index (χ1n) is 8.38. The van der Waals surface area contributed by atoms with Crippen molar-refractivity contribution in [2.75, 3.05) is 4.72 Å². The monoisotopic (exact) mass is 474 g/mol. The minimum Gasteiger partial charge on any atom is -0.294 e. The van der Waals surface area contributed by atoms with E-state index >= 15 is 0 Å². The van der Waals surface area contributed by atoms with Crippen molar-refractivity contribution in [2.45, 2.75) is 11.4 Å². The van der Waals surface area contributed by atoms with Crippen LogP contribution in [0.5, 0.6) is 0 Å². The predicted octanol–water partition coefficient (Wildman–Crippen LogP) is 4.67. The van der Waals surface area contributed by atoms with Crippen molar-refractivity contribution in [1.82, 2.24) is 4.57 Å². The fourth-order valence-corrected chi connectivity index (χ4v) is 5.37. The minimum atomic E-state index is -3.76. The molecule has 142 valence electrons. The van der Waals surface area contributed by atoms with Crippen molar-refractivity contribution in [3.05, 3.63) is 92.5 Å². The minimum absolute atomic E-state index is 0.117. The van der Waals surface area contributed by atoms with Gasteiger partial charge in [0.25, 0.3) is 10.0 Å². The number of thiazole rings is 1. The first kappa shape index (κ1) is 18.9. The van der Waals surface area contributed by atoms with Crippen molar-refractivity contribution in [2.24, 2.45) is 0 Å². The van der Waals surface area contributed by atoms with E-state index < -0.39 is 10.0 Å². The SMILES string of the molecule is O=c1sc2cc(S(=O)(=O)Nc3cccc(Br)c3)ccc2n1Cc1ccccc1. The highest BCUT2D eigenvalue weighted by Crippen LogP contribution is 2.25. The van der Waals surface area contributed by atoms with Gasteiger partial charge < -0.3 is 0 Å². The molecule has 0 bridgehead atoms. The Bertz CT molecular complexity index is 1310. The number of hydrogen-bond donors (Lipinski definition) is 1. The van der Waals surface area contributed by atoms with E-state index in [1.165, 1.54) is 6.07 Å². The van der Waals surface area contributed by atoms with E-state index in [0.29, 0.717) is 16.9 Å². The highest BCUT2D eigenvalue weighted by Gasteiger charge is 2.17. The molecule has 28 heavy (non-hydrogen) atoms. The zero-order chi connectivity index (χ0) is 19.7. The number of sulfonamides is 1. The Morgan fingerprint density at radius 3 is 2.50 bits per heavy atom. The van der Waals surface area contributed by atoms with Crippen molar-refractivity contribution in [1.29, 1.82) is 0 Å². The van der Waals surface area contributed by atoms with Gasteiger partial charge in [0.05, 0.1) is 21.7 Å². The number of rotatable bonds is 5. The number of halogens is 1. The molecule has 0 spiro atoms. The summed E-state index contributed by atoms with van der Waals surface area (Å²) in [5, 5.41) is 0. The maximum absolute atomic E-state index is 12.7. The summed E-state index contributed by atoms with van der Waals surface area (Å²) in [4.78, 5) is 12.4. The molecule has 3 aromatic carbocycles. The lowest BCUT2D eigenvalue weighted by molar-refractivity contribution is 0.601. The van der Waals surface area contributed by atoms with Crippen LogP contribution in [0.3, 0.4) is 0 Å². The van der Waals surface area contributed by atoms with Crippen LogP contribution in [0.4, 0.5) is 5.69 Å². The maximum atomic E-state index is 12.7. The quantitative estimate of drug-likeness (QED) is 0.456. The van der Waals surface area contributed by atoms with Crippen LogP contribution in [-0.2, 0) is 16.6 Å². The standard InChI is InChI=1S/C20H15BrN2O3S2/c21-15-7-4-8-16(11-15)22-28(25,26)17-9-10-18-19(12-17)27-20(24)23(18)13-14-5-2-1-3-6-14/h1-12,22H,13H2. The zero-order valence-corrected chi connectivity index (χ0v) is 17.7. The Labute approximate surface area is 174 Å². The van der Waals surface area contributed by atoms with E-state index in [4.69, 9.17) is 0 Å². The molecule has 1 N–H and O–H groups in total. The zero-order valence-electron chi connectivity index (χ0n) is 14.5. The topological polar surface area (TPSA) is 68.2 Å². The molecule has 0 radical (unpaired) electrons. The number of fused-ring (bicyclic) bond motifs is 1. The lowest BCUT2D eigenvalue weighted by Crippen LogP contribution is -2.14. The third-order valence-corrected chi connectivity index (χ3v) is 7.02. The van der Waals surface area contributed by atoms with Crippen LogP contribution in [0.15, 0.2) is 87.0 Å². The van der Waals surface area contributed by atoms with Crippen molar-refractivity contribution < 1.29 is 8.42 Å². The van der Waals surface area contributed by atoms with Crippen LogP contribution in [0, 0.1) is 0 Å². The number of aromatic nitrogens is 1. The van der Waals surface area contributed by atoms with Crippen LogP contribution in [-0.4, -0.2) is 13.0 Å². The molecule has 0 amide bonds. The number of nitrogens with one attached hydrogen (secondary N) is 1. The van der Waals surface area contributed by atoms with Gasteiger partial charge in [0.1, 0.15) is 0 Å². The summed E-state index contributed by atoms with van der Waals surface area (Å²) >= 11 is 4.37. The molecule has 8 heteroatoms. The molecule has 0 saturated heterocycles. The summed E-state index contributed by atoms with van der Waals surface area (Å²) in [5.41, 5.74) is 2.20.